The average Bonchev–Trinajstić information content (AvgIpc) is 2.72. The monoisotopic (exact) mass is 397 g/mol. The molecular formula is C23H31N3O3. The minimum Gasteiger partial charge on any atom is -0.395 e. The number of benzene rings is 1. The van der Waals surface area contributed by atoms with Crippen LogP contribution in [0.25, 0.3) is 0 Å². The van der Waals surface area contributed by atoms with Crippen LogP contribution >= 0.6 is 0 Å². The van der Waals surface area contributed by atoms with Gasteiger partial charge in [0.2, 0.25) is 5.91 Å². The van der Waals surface area contributed by atoms with Crippen molar-refractivity contribution >= 4 is 5.91 Å². The molecule has 1 saturated heterocycles. The molecule has 1 amide bonds. The smallest absolute Gasteiger partial charge is 0.228 e. The first-order chi connectivity index (χ1) is 13.8. The van der Waals surface area contributed by atoms with E-state index in [1.165, 1.54) is 5.56 Å². The number of hydrogen-bond donors (Lipinski definition) is 3. The van der Waals surface area contributed by atoms with E-state index < -0.39 is 17.1 Å². The number of carbonyl (C=O) groups is 1. The van der Waals surface area contributed by atoms with Crippen molar-refractivity contribution in [3.63, 3.8) is 0 Å². The number of pyridine rings is 1. The molecule has 1 aliphatic heterocycles. The highest BCUT2D eigenvalue weighted by Gasteiger charge is 2.46. The molecular weight excluding hydrogens is 366 g/mol. The SMILES string of the molecule is Cc1cnccc1CN1CC[C@](NC(=O)C(C)(C)CO)(c2ccccc2)[C@H](O)C1. The van der Waals surface area contributed by atoms with Crippen LogP contribution in [-0.4, -0.2) is 51.8 Å². The quantitative estimate of drug-likeness (QED) is 0.694. The number of β-amino-alcohol motifs (C(OH)–C–C–N with tert-alkyl or cyclic N) is 1. The van der Waals surface area contributed by atoms with Crippen molar-refractivity contribution in [3.05, 3.63) is 65.5 Å². The molecule has 1 aliphatic rings. The summed E-state index contributed by atoms with van der Waals surface area (Å²) in [6.45, 7) is 7.08. The molecule has 1 fully saturated rings. The molecule has 156 valence electrons. The van der Waals surface area contributed by atoms with Gasteiger partial charge in [-0.25, -0.2) is 0 Å². The number of amides is 1. The maximum atomic E-state index is 12.9. The summed E-state index contributed by atoms with van der Waals surface area (Å²) in [4.78, 5) is 19.3. The molecule has 29 heavy (non-hydrogen) atoms. The lowest BCUT2D eigenvalue weighted by Crippen LogP contribution is -2.63. The maximum absolute atomic E-state index is 12.9. The van der Waals surface area contributed by atoms with Crippen molar-refractivity contribution in [2.24, 2.45) is 5.41 Å². The molecule has 0 spiro atoms. The molecule has 0 bridgehead atoms. The van der Waals surface area contributed by atoms with Gasteiger partial charge in [-0.05, 0) is 49.9 Å². The summed E-state index contributed by atoms with van der Waals surface area (Å²) in [5, 5.41) is 24.0. The second-order valence-corrected chi connectivity index (χ2v) is 8.64. The van der Waals surface area contributed by atoms with Crippen molar-refractivity contribution in [2.75, 3.05) is 19.7 Å². The van der Waals surface area contributed by atoms with E-state index in [2.05, 4.69) is 15.2 Å². The molecule has 6 nitrogen and oxygen atoms in total. The molecule has 2 aromatic rings. The van der Waals surface area contributed by atoms with Crippen LogP contribution in [0.1, 0.15) is 37.0 Å². The van der Waals surface area contributed by atoms with Gasteiger partial charge in [0.1, 0.15) is 0 Å². The number of aliphatic hydroxyl groups excluding tert-OH is 2. The standard InChI is InChI=1S/C23H31N3O3/c1-17-13-24-11-9-18(17)14-26-12-10-23(20(28)15-26,19-7-5-4-6-8-19)25-21(29)22(2,3)16-27/h4-9,11,13,20,27-28H,10,12,14-16H2,1-3H3,(H,25,29)/t20-,23+/m1/s1. The van der Waals surface area contributed by atoms with Gasteiger partial charge < -0.3 is 15.5 Å². The third kappa shape index (κ3) is 4.50. The van der Waals surface area contributed by atoms with Crippen LogP contribution in [0.2, 0.25) is 0 Å². The van der Waals surface area contributed by atoms with Crippen LogP contribution in [0, 0.1) is 12.3 Å². The van der Waals surface area contributed by atoms with Crippen molar-refractivity contribution in [1.29, 1.82) is 0 Å². The predicted molar refractivity (Wildman–Crippen MR) is 112 cm³/mol. The average molecular weight is 398 g/mol. The Kier molecular flexibility index (Phi) is 6.36. The summed E-state index contributed by atoms with van der Waals surface area (Å²) in [6.07, 6.45) is 3.43. The van der Waals surface area contributed by atoms with Gasteiger partial charge in [-0.3, -0.25) is 14.7 Å². The van der Waals surface area contributed by atoms with E-state index in [-0.39, 0.29) is 12.5 Å². The fraction of sp³-hybridized carbons (Fsp3) is 0.478. The summed E-state index contributed by atoms with van der Waals surface area (Å²) in [5.41, 5.74) is 1.39. The topological polar surface area (TPSA) is 85.7 Å². The number of aryl methyl sites for hydroxylation is 1. The van der Waals surface area contributed by atoms with Gasteiger partial charge in [0.15, 0.2) is 0 Å². The molecule has 0 saturated carbocycles. The van der Waals surface area contributed by atoms with Crippen molar-refractivity contribution in [2.45, 2.75) is 45.4 Å². The van der Waals surface area contributed by atoms with Crippen LogP contribution in [0.4, 0.5) is 0 Å². The highest BCUT2D eigenvalue weighted by atomic mass is 16.3. The van der Waals surface area contributed by atoms with E-state index in [1.54, 1.807) is 20.0 Å². The number of nitrogens with one attached hydrogen (secondary N) is 1. The van der Waals surface area contributed by atoms with Crippen molar-refractivity contribution in [3.8, 4) is 0 Å². The lowest BCUT2D eigenvalue weighted by atomic mass is 9.77. The summed E-state index contributed by atoms with van der Waals surface area (Å²) in [6, 6.07) is 11.6. The summed E-state index contributed by atoms with van der Waals surface area (Å²) in [7, 11) is 0. The minimum absolute atomic E-state index is 0.257. The number of rotatable bonds is 6. The molecule has 3 rings (SSSR count). The Morgan fingerprint density at radius 2 is 2.03 bits per heavy atom. The van der Waals surface area contributed by atoms with Gasteiger partial charge in [-0.2, -0.15) is 0 Å². The predicted octanol–water partition coefficient (Wildman–Crippen LogP) is 1.99. The van der Waals surface area contributed by atoms with Crippen molar-refractivity contribution in [1.82, 2.24) is 15.2 Å². The van der Waals surface area contributed by atoms with Crippen LogP contribution in [0.3, 0.4) is 0 Å². The molecule has 0 aliphatic carbocycles. The Balaban J connectivity index is 1.84. The second kappa shape index (κ2) is 8.61. The van der Waals surface area contributed by atoms with Crippen LogP contribution in [-0.2, 0) is 16.9 Å². The Morgan fingerprint density at radius 3 is 2.66 bits per heavy atom. The first-order valence-corrected chi connectivity index (χ1v) is 10.1. The molecule has 0 unspecified atom stereocenters. The van der Waals surface area contributed by atoms with Crippen molar-refractivity contribution < 1.29 is 15.0 Å². The van der Waals surface area contributed by atoms with E-state index in [1.807, 2.05) is 49.5 Å². The molecule has 2 atom stereocenters. The molecule has 1 aromatic carbocycles. The number of carbonyl (C=O) groups excluding carboxylic acids is 1. The van der Waals surface area contributed by atoms with Gasteiger partial charge in [0.05, 0.1) is 23.7 Å². The molecule has 2 heterocycles. The Labute approximate surface area is 172 Å². The zero-order valence-electron chi connectivity index (χ0n) is 17.4. The fourth-order valence-electron chi connectivity index (χ4n) is 3.79. The van der Waals surface area contributed by atoms with E-state index in [0.29, 0.717) is 13.0 Å². The van der Waals surface area contributed by atoms with Gasteiger partial charge >= 0.3 is 0 Å². The molecule has 0 radical (unpaired) electrons. The molecule has 6 heteroatoms. The number of aliphatic hydroxyl groups is 2. The summed E-state index contributed by atoms with van der Waals surface area (Å²) < 4.78 is 0. The third-order valence-corrected chi connectivity index (χ3v) is 5.99. The second-order valence-electron chi connectivity index (χ2n) is 8.64. The lowest BCUT2D eigenvalue weighted by Gasteiger charge is -2.47. The van der Waals surface area contributed by atoms with Crippen LogP contribution in [0.5, 0.6) is 0 Å². The fourth-order valence-corrected chi connectivity index (χ4v) is 3.79. The number of likely N-dealkylation sites (tertiary alicyclic amines) is 1. The Bertz CT molecular complexity index is 840. The van der Waals surface area contributed by atoms with E-state index in [0.717, 1.165) is 24.2 Å². The zero-order chi connectivity index (χ0) is 21.1. The van der Waals surface area contributed by atoms with Gasteiger partial charge in [0, 0.05) is 32.0 Å². The number of aromatic nitrogens is 1. The van der Waals surface area contributed by atoms with Gasteiger partial charge in [0.25, 0.3) is 0 Å². The summed E-state index contributed by atoms with van der Waals surface area (Å²) in [5.74, 6) is -0.263. The Hall–Kier alpha value is -2.28. The number of nitrogens with zero attached hydrogens (tertiary/aromatic N) is 2. The third-order valence-electron chi connectivity index (χ3n) is 5.99. The number of hydrogen-bond acceptors (Lipinski definition) is 5. The minimum atomic E-state index is -0.924. The zero-order valence-corrected chi connectivity index (χ0v) is 17.4. The van der Waals surface area contributed by atoms with E-state index in [9.17, 15) is 15.0 Å². The Morgan fingerprint density at radius 1 is 1.31 bits per heavy atom. The van der Waals surface area contributed by atoms with E-state index in [4.69, 9.17) is 0 Å². The van der Waals surface area contributed by atoms with Gasteiger partial charge in [-0.1, -0.05) is 30.3 Å². The number of piperidine rings is 1. The van der Waals surface area contributed by atoms with Crippen LogP contribution in [0.15, 0.2) is 48.8 Å². The maximum Gasteiger partial charge on any atom is 0.228 e. The van der Waals surface area contributed by atoms with E-state index >= 15 is 0 Å². The highest BCUT2D eigenvalue weighted by Crippen LogP contribution is 2.35. The lowest BCUT2D eigenvalue weighted by molar-refractivity contribution is -0.137. The first kappa shape index (κ1) is 21.4. The normalized spacial score (nSPS) is 23.0. The highest BCUT2D eigenvalue weighted by molar-refractivity contribution is 5.83. The summed E-state index contributed by atoms with van der Waals surface area (Å²) >= 11 is 0. The molecule has 3 N–H and O–H groups in total. The van der Waals surface area contributed by atoms with Crippen LogP contribution < -0.4 is 5.32 Å². The largest absolute Gasteiger partial charge is 0.395 e. The van der Waals surface area contributed by atoms with Gasteiger partial charge in [-0.15, -0.1) is 0 Å². The molecule has 1 aromatic heterocycles. The first-order valence-electron chi connectivity index (χ1n) is 10.1.